The molecule has 1 heterocycles. The fourth-order valence-electron chi connectivity index (χ4n) is 2.08. The van der Waals surface area contributed by atoms with Crippen molar-refractivity contribution in [1.29, 1.82) is 0 Å². The van der Waals surface area contributed by atoms with Gasteiger partial charge in [0.1, 0.15) is 0 Å². The van der Waals surface area contributed by atoms with Gasteiger partial charge in [0.25, 0.3) is 0 Å². The average Bonchev–Trinajstić information content (AvgIpc) is 2.25. The molecule has 7 heteroatoms. The summed E-state index contributed by atoms with van der Waals surface area (Å²) in [6.45, 7) is 0. The van der Waals surface area contributed by atoms with Crippen LogP contribution in [0, 0.1) is 0 Å². The lowest BCUT2D eigenvalue weighted by Gasteiger charge is -2.32. The van der Waals surface area contributed by atoms with E-state index in [9.17, 15) is 23.1 Å². The number of nitrogens with zero attached hydrogens (tertiary/aromatic N) is 1. The summed E-state index contributed by atoms with van der Waals surface area (Å²) in [6, 6.07) is 4.98. The van der Waals surface area contributed by atoms with Crippen LogP contribution in [0.25, 0.3) is 0 Å². The minimum atomic E-state index is -3.91. The summed E-state index contributed by atoms with van der Waals surface area (Å²) in [7, 11) is -3.91. The van der Waals surface area contributed by atoms with Crippen molar-refractivity contribution in [3.8, 4) is 0 Å². The van der Waals surface area contributed by atoms with E-state index in [4.69, 9.17) is 0 Å². The van der Waals surface area contributed by atoms with Gasteiger partial charge in [-0.15, -0.1) is 0 Å². The molecule has 0 aromatic heterocycles. The summed E-state index contributed by atoms with van der Waals surface area (Å²) >= 11 is 0. The summed E-state index contributed by atoms with van der Waals surface area (Å²) in [6.07, 6.45) is 0.724. The van der Waals surface area contributed by atoms with Gasteiger partial charge in [-0.25, -0.2) is 17.5 Å². The highest BCUT2D eigenvalue weighted by molar-refractivity contribution is 7.88. The Labute approximate surface area is 104 Å². The van der Waals surface area contributed by atoms with Crippen LogP contribution in [0.1, 0.15) is 17.2 Å². The molecule has 1 unspecified atom stereocenters. The maximum absolute atomic E-state index is 11.8. The lowest BCUT2D eigenvalue weighted by Crippen LogP contribution is -2.46. The van der Waals surface area contributed by atoms with Crippen molar-refractivity contribution in [2.75, 3.05) is 6.26 Å². The van der Waals surface area contributed by atoms with Crippen molar-refractivity contribution < 1.29 is 23.1 Å². The number of carboxylic acids is 1. The van der Waals surface area contributed by atoms with Crippen LogP contribution in [-0.4, -0.2) is 36.0 Å². The molecule has 0 aliphatic carbocycles. The summed E-state index contributed by atoms with van der Waals surface area (Å²) in [5.74, 6) is -2.08. The maximum atomic E-state index is 11.8. The Bertz CT molecular complexity index is 622. The van der Waals surface area contributed by atoms with Crippen LogP contribution >= 0.6 is 0 Å². The van der Waals surface area contributed by atoms with Crippen LogP contribution < -0.4 is 0 Å². The Morgan fingerprint density at radius 2 is 2.00 bits per heavy atom. The van der Waals surface area contributed by atoms with E-state index in [2.05, 4.69) is 0 Å². The van der Waals surface area contributed by atoms with Crippen molar-refractivity contribution in [1.82, 2.24) is 4.31 Å². The van der Waals surface area contributed by atoms with E-state index >= 15 is 0 Å². The van der Waals surface area contributed by atoms with Gasteiger partial charge in [-0.1, -0.05) is 24.3 Å². The first-order valence-corrected chi connectivity index (χ1v) is 7.00. The molecular weight excluding hydrogens is 258 g/mol. The predicted octanol–water partition coefficient (Wildman–Crippen LogP) is 0.157. The molecule has 1 N–H and O–H groups in total. The minimum Gasteiger partial charge on any atom is -0.479 e. The Balaban J connectivity index is 2.66. The smallest absolute Gasteiger partial charge is 0.332 e. The van der Waals surface area contributed by atoms with Crippen molar-refractivity contribution in [3.05, 3.63) is 35.4 Å². The van der Waals surface area contributed by atoms with E-state index in [1.807, 2.05) is 0 Å². The van der Waals surface area contributed by atoms with Crippen LogP contribution in [0.4, 0.5) is 0 Å². The van der Waals surface area contributed by atoms with E-state index < -0.39 is 27.9 Å². The van der Waals surface area contributed by atoms with Gasteiger partial charge >= 0.3 is 5.97 Å². The fraction of sp³-hybridized carbons (Fsp3) is 0.273. The number of amides is 1. The number of benzene rings is 1. The summed E-state index contributed by atoms with van der Waals surface area (Å²) < 4.78 is 23.6. The number of carbonyl (C=O) groups excluding carboxylic acids is 1. The first-order valence-electron chi connectivity index (χ1n) is 5.15. The summed E-state index contributed by atoms with van der Waals surface area (Å²) in [4.78, 5) is 23.1. The lowest BCUT2D eigenvalue weighted by molar-refractivity contribution is -0.147. The average molecular weight is 269 g/mol. The van der Waals surface area contributed by atoms with Crippen LogP contribution in [0.5, 0.6) is 0 Å². The highest BCUT2D eigenvalue weighted by Gasteiger charge is 2.42. The highest BCUT2D eigenvalue weighted by Crippen LogP contribution is 2.32. The largest absolute Gasteiger partial charge is 0.479 e. The van der Waals surface area contributed by atoms with Gasteiger partial charge < -0.3 is 5.11 Å². The minimum absolute atomic E-state index is 0.104. The molecule has 1 aliphatic heterocycles. The Morgan fingerprint density at radius 1 is 1.39 bits per heavy atom. The van der Waals surface area contributed by atoms with Crippen molar-refractivity contribution >= 4 is 21.9 Å². The topological polar surface area (TPSA) is 91.8 Å². The lowest BCUT2D eigenvalue weighted by atomic mass is 9.94. The van der Waals surface area contributed by atoms with Crippen LogP contribution in [0.3, 0.4) is 0 Å². The predicted molar refractivity (Wildman–Crippen MR) is 62.2 cm³/mol. The number of aliphatic carboxylic acids is 1. The van der Waals surface area contributed by atoms with E-state index in [0.29, 0.717) is 15.4 Å². The van der Waals surface area contributed by atoms with Crippen LogP contribution in [-0.2, 0) is 26.0 Å². The zero-order chi connectivity index (χ0) is 13.5. The quantitative estimate of drug-likeness (QED) is 0.825. The first-order chi connectivity index (χ1) is 8.32. The van der Waals surface area contributed by atoms with Gasteiger partial charge in [0.05, 0.1) is 12.7 Å². The Morgan fingerprint density at radius 3 is 2.56 bits per heavy atom. The van der Waals surface area contributed by atoms with E-state index in [1.165, 1.54) is 6.07 Å². The standard InChI is InChI=1S/C11H11NO5S/c1-18(16,17)12-9(13)6-7-4-2-3-5-8(7)10(12)11(14)15/h2-5,10H,6H2,1H3,(H,14,15). The van der Waals surface area contributed by atoms with Gasteiger partial charge in [-0.05, 0) is 11.1 Å². The van der Waals surface area contributed by atoms with Gasteiger partial charge in [-0.2, -0.15) is 0 Å². The zero-order valence-electron chi connectivity index (χ0n) is 9.53. The highest BCUT2D eigenvalue weighted by atomic mass is 32.2. The molecule has 1 aliphatic rings. The molecule has 1 aromatic rings. The molecule has 1 amide bonds. The Kier molecular flexibility index (Phi) is 2.86. The molecular formula is C11H11NO5S. The first kappa shape index (κ1) is 12.6. The third-order valence-electron chi connectivity index (χ3n) is 2.76. The Hall–Kier alpha value is -1.89. The zero-order valence-corrected chi connectivity index (χ0v) is 10.3. The number of hydrogen-bond donors (Lipinski definition) is 1. The molecule has 0 spiro atoms. The van der Waals surface area contributed by atoms with Gasteiger partial charge in [0, 0.05) is 0 Å². The molecule has 0 saturated heterocycles. The molecule has 2 rings (SSSR count). The number of rotatable bonds is 2. The number of fused-ring (bicyclic) bond motifs is 1. The van der Waals surface area contributed by atoms with Crippen molar-refractivity contribution in [2.24, 2.45) is 0 Å². The summed E-state index contributed by atoms with van der Waals surface area (Å²) in [5, 5.41) is 9.18. The number of carboxylic acid groups (broad SMARTS) is 1. The number of hydrogen-bond acceptors (Lipinski definition) is 4. The van der Waals surface area contributed by atoms with Gasteiger partial charge in [-0.3, -0.25) is 4.79 Å². The van der Waals surface area contributed by atoms with Crippen LogP contribution in [0.15, 0.2) is 24.3 Å². The molecule has 18 heavy (non-hydrogen) atoms. The third kappa shape index (κ3) is 1.97. The number of sulfonamides is 1. The molecule has 1 aromatic carbocycles. The normalized spacial score (nSPS) is 19.5. The molecule has 0 bridgehead atoms. The van der Waals surface area contributed by atoms with E-state index in [1.54, 1.807) is 18.2 Å². The second-order valence-electron chi connectivity index (χ2n) is 4.07. The molecule has 0 fully saturated rings. The molecule has 1 atom stereocenters. The van der Waals surface area contributed by atoms with Crippen molar-refractivity contribution in [2.45, 2.75) is 12.5 Å². The van der Waals surface area contributed by atoms with Crippen molar-refractivity contribution in [3.63, 3.8) is 0 Å². The van der Waals surface area contributed by atoms with E-state index in [-0.39, 0.29) is 6.42 Å². The maximum Gasteiger partial charge on any atom is 0.332 e. The monoisotopic (exact) mass is 269 g/mol. The van der Waals surface area contributed by atoms with Gasteiger partial charge in [0.15, 0.2) is 6.04 Å². The second-order valence-corrected chi connectivity index (χ2v) is 5.93. The number of carbonyl (C=O) groups is 2. The molecule has 96 valence electrons. The fourth-order valence-corrected chi connectivity index (χ4v) is 3.10. The molecule has 0 saturated carbocycles. The van der Waals surface area contributed by atoms with Crippen LogP contribution in [0.2, 0.25) is 0 Å². The SMILES string of the molecule is CS(=O)(=O)N1C(=O)Cc2ccccc2C1C(=O)O. The van der Waals surface area contributed by atoms with E-state index in [0.717, 1.165) is 6.26 Å². The molecule has 6 nitrogen and oxygen atoms in total. The third-order valence-corrected chi connectivity index (χ3v) is 3.89. The summed E-state index contributed by atoms with van der Waals surface area (Å²) in [5.41, 5.74) is 0.893. The molecule has 0 radical (unpaired) electrons. The van der Waals surface area contributed by atoms with Gasteiger partial charge in [0.2, 0.25) is 15.9 Å². The second kappa shape index (κ2) is 4.09.